The van der Waals surface area contributed by atoms with E-state index in [9.17, 15) is 0 Å². The average Bonchev–Trinajstić information content (AvgIpc) is 2.49. The maximum atomic E-state index is 6.51. The molecule has 4 unspecified atom stereocenters. The van der Waals surface area contributed by atoms with Gasteiger partial charge in [-0.15, -0.1) is 0 Å². The Morgan fingerprint density at radius 1 is 0.952 bits per heavy atom. The van der Waals surface area contributed by atoms with Gasteiger partial charge in [-0.2, -0.15) is 0 Å². The van der Waals surface area contributed by atoms with Crippen molar-refractivity contribution in [3.05, 3.63) is 24.3 Å². The van der Waals surface area contributed by atoms with E-state index in [1.807, 2.05) is 0 Å². The van der Waals surface area contributed by atoms with Crippen LogP contribution in [0, 0.1) is 22.7 Å². The molecular weight excluding hydrogens is 254 g/mol. The van der Waals surface area contributed by atoms with Gasteiger partial charge in [0.15, 0.2) is 0 Å². The van der Waals surface area contributed by atoms with Gasteiger partial charge in [0.05, 0.1) is 0 Å². The SMILES string of the molecule is CC1(C2CC(C3(C)CCCCC3)C=CC2N)C=CCCC1. The van der Waals surface area contributed by atoms with Crippen LogP contribution in [0.3, 0.4) is 0 Å². The molecule has 0 saturated heterocycles. The van der Waals surface area contributed by atoms with E-state index in [0.29, 0.717) is 16.7 Å². The molecule has 3 rings (SSSR count). The van der Waals surface area contributed by atoms with Crippen LogP contribution in [0.4, 0.5) is 0 Å². The Balaban J connectivity index is 1.79. The fraction of sp³-hybridized carbons (Fsp3) is 0.800. The van der Waals surface area contributed by atoms with Gasteiger partial charge in [0.2, 0.25) is 0 Å². The molecule has 1 fully saturated rings. The van der Waals surface area contributed by atoms with Crippen LogP contribution in [0.2, 0.25) is 0 Å². The maximum absolute atomic E-state index is 6.51. The van der Waals surface area contributed by atoms with Crippen LogP contribution in [0.15, 0.2) is 24.3 Å². The number of hydrogen-bond acceptors (Lipinski definition) is 1. The minimum absolute atomic E-state index is 0.251. The molecular formula is C20H33N. The molecule has 0 bridgehead atoms. The Morgan fingerprint density at radius 2 is 1.71 bits per heavy atom. The summed E-state index contributed by atoms with van der Waals surface area (Å²) in [4.78, 5) is 0. The molecule has 2 N–H and O–H groups in total. The highest BCUT2D eigenvalue weighted by atomic mass is 14.7. The van der Waals surface area contributed by atoms with Gasteiger partial charge in [-0.05, 0) is 61.2 Å². The number of allylic oxidation sites excluding steroid dienone is 3. The molecule has 0 radical (unpaired) electrons. The van der Waals surface area contributed by atoms with E-state index < -0.39 is 0 Å². The molecule has 21 heavy (non-hydrogen) atoms. The van der Waals surface area contributed by atoms with E-state index in [0.717, 1.165) is 5.92 Å². The standard InChI is InChI=1S/C20H33N/c1-19(11-5-3-6-12-19)16-9-10-18(21)17(15-16)20(2)13-7-4-8-14-20/h7,9-10,13,16-18H,3-6,8,11-12,14-15,21H2,1-2H3. The molecule has 0 aromatic carbocycles. The van der Waals surface area contributed by atoms with E-state index in [-0.39, 0.29) is 6.04 Å². The minimum atomic E-state index is 0.251. The monoisotopic (exact) mass is 287 g/mol. The minimum Gasteiger partial charge on any atom is -0.324 e. The third kappa shape index (κ3) is 2.99. The molecule has 0 amide bonds. The predicted octanol–water partition coefficient (Wildman–Crippen LogP) is 5.22. The van der Waals surface area contributed by atoms with Crippen molar-refractivity contribution in [2.75, 3.05) is 0 Å². The van der Waals surface area contributed by atoms with Gasteiger partial charge in [0.1, 0.15) is 0 Å². The molecule has 0 aromatic heterocycles. The van der Waals surface area contributed by atoms with Gasteiger partial charge in [-0.25, -0.2) is 0 Å². The first kappa shape index (κ1) is 15.3. The molecule has 0 aliphatic heterocycles. The molecule has 1 heteroatoms. The Kier molecular flexibility index (Phi) is 4.32. The highest BCUT2D eigenvalue weighted by molar-refractivity contribution is 5.15. The second-order valence-corrected chi connectivity index (χ2v) is 8.43. The Labute approximate surface area is 131 Å². The second-order valence-electron chi connectivity index (χ2n) is 8.43. The van der Waals surface area contributed by atoms with E-state index in [4.69, 9.17) is 5.73 Å². The zero-order chi connectivity index (χ0) is 14.9. The first-order chi connectivity index (χ1) is 10.0. The van der Waals surface area contributed by atoms with E-state index in [1.165, 1.54) is 57.8 Å². The van der Waals surface area contributed by atoms with Crippen LogP contribution in [0.1, 0.15) is 71.6 Å². The quantitative estimate of drug-likeness (QED) is 0.692. The molecule has 0 heterocycles. The summed E-state index contributed by atoms with van der Waals surface area (Å²) in [5, 5.41) is 0. The van der Waals surface area contributed by atoms with Gasteiger partial charge in [-0.3, -0.25) is 0 Å². The van der Waals surface area contributed by atoms with Gasteiger partial charge < -0.3 is 5.73 Å². The molecule has 4 atom stereocenters. The Hall–Kier alpha value is -0.560. The van der Waals surface area contributed by atoms with Crippen LogP contribution in [-0.4, -0.2) is 6.04 Å². The highest BCUT2D eigenvalue weighted by Crippen LogP contribution is 2.51. The molecule has 1 nitrogen and oxygen atoms in total. The zero-order valence-corrected chi connectivity index (χ0v) is 14.0. The summed E-state index contributed by atoms with van der Waals surface area (Å²) in [7, 11) is 0. The summed E-state index contributed by atoms with van der Waals surface area (Å²) in [6.07, 6.45) is 22.0. The van der Waals surface area contributed by atoms with Crippen molar-refractivity contribution in [2.24, 2.45) is 28.4 Å². The topological polar surface area (TPSA) is 26.0 Å². The largest absolute Gasteiger partial charge is 0.324 e. The fourth-order valence-electron chi connectivity index (χ4n) is 5.21. The van der Waals surface area contributed by atoms with E-state index in [2.05, 4.69) is 38.2 Å². The van der Waals surface area contributed by atoms with Crippen LogP contribution >= 0.6 is 0 Å². The van der Waals surface area contributed by atoms with Crippen molar-refractivity contribution in [1.82, 2.24) is 0 Å². The molecule has 0 spiro atoms. The van der Waals surface area contributed by atoms with Crippen molar-refractivity contribution in [3.8, 4) is 0 Å². The summed E-state index contributed by atoms with van der Waals surface area (Å²) >= 11 is 0. The van der Waals surface area contributed by atoms with E-state index >= 15 is 0 Å². The summed E-state index contributed by atoms with van der Waals surface area (Å²) in [5.74, 6) is 1.37. The number of hydrogen-bond donors (Lipinski definition) is 1. The summed E-state index contributed by atoms with van der Waals surface area (Å²) in [6.45, 7) is 4.99. The third-order valence-corrected chi connectivity index (χ3v) is 6.86. The van der Waals surface area contributed by atoms with Crippen LogP contribution in [0.25, 0.3) is 0 Å². The molecule has 3 aliphatic carbocycles. The highest BCUT2D eigenvalue weighted by Gasteiger charge is 2.43. The number of rotatable bonds is 2. The smallest absolute Gasteiger partial charge is 0.0261 e. The zero-order valence-electron chi connectivity index (χ0n) is 14.0. The molecule has 1 saturated carbocycles. The lowest BCUT2D eigenvalue weighted by Gasteiger charge is -2.48. The fourth-order valence-corrected chi connectivity index (χ4v) is 5.21. The lowest BCUT2D eigenvalue weighted by molar-refractivity contribution is 0.0850. The average molecular weight is 287 g/mol. The molecule has 3 aliphatic rings. The first-order valence-corrected chi connectivity index (χ1v) is 9.15. The van der Waals surface area contributed by atoms with Gasteiger partial charge in [0, 0.05) is 6.04 Å². The lowest BCUT2D eigenvalue weighted by atomic mass is 9.57. The van der Waals surface area contributed by atoms with Gasteiger partial charge in [0.25, 0.3) is 0 Å². The van der Waals surface area contributed by atoms with Crippen LogP contribution in [-0.2, 0) is 0 Å². The first-order valence-electron chi connectivity index (χ1n) is 9.15. The van der Waals surface area contributed by atoms with Crippen molar-refractivity contribution < 1.29 is 0 Å². The number of nitrogens with two attached hydrogens (primary N) is 1. The lowest BCUT2D eigenvalue weighted by Crippen LogP contribution is -2.45. The molecule has 0 aromatic rings. The Morgan fingerprint density at radius 3 is 2.38 bits per heavy atom. The second kappa shape index (κ2) is 5.91. The summed E-state index contributed by atoms with van der Waals surface area (Å²) in [5.41, 5.74) is 7.36. The summed E-state index contributed by atoms with van der Waals surface area (Å²) < 4.78 is 0. The van der Waals surface area contributed by atoms with Gasteiger partial charge >= 0.3 is 0 Å². The Bertz CT molecular complexity index is 416. The van der Waals surface area contributed by atoms with Crippen molar-refractivity contribution >= 4 is 0 Å². The van der Waals surface area contributed by atoms with Crippen LogP contribution < -0.4 is 5.73 Å². The summed E-state index contributed by atoms with van der Waals surface area (Å²) in [6, 6.07) is 0.251. The third-order valence-electron chi connectivity index (χ3n) is 6.86. The molecule has 118 valence electrons. The van der Waals surface area contributed by atoms with Crippen molar-refractivity contribution in [2.45, 2.75) is 77.7 Å². The van der Waals surface area contributed by atoms with E-state index in [1.54, 1.807) is 0 Å². The van der Waals surface area contributed by atoms with Crippen molar-refractivity contribution in [1.29, 1.82) is 0 Å². The predicted molar refractivity (Wildman–Crippen MR) is 91.0 cm³/mol. The van der Waals surface area contributed by atoms with Crippen LogP contribution in [0.5, 0.6) is 0 Å². The van der Waals surface area contributed by atoms with Crippen molar-refractivity contribution in [3.63, 3.8) is 0 Å². The maximum Gasteiger partial charge on any atom is 0.0261 e. The van der Waals surface area contributed by atoms with Gasteiger partial charge in [-0.1, -0.05) is 57.4 Å². The normalized spacial score (nSPS) is 42.9.